The highest BCUT2D eigenvalue weighted by atomic mass is 35.5. The van der Waals surface area contributed by atoms with Gasteiger partial charge in [-0.05, 0) is 29.1 Å². The molecule has 1 atom stereocenters. The maximum absolute atomic E-state index is 13.6. The molecule has 2 amide bonds. The second kappa shape index (κ2) is 12.6. The van der Waals surface area contributed by atoms with E-state index in [0.717, 1.165) is 48.2 Å². The lowest BCUT2D eigenvalue weighted by molar-refractivity contribution is -0.135. The fourth-order valence-corrected chi connectivity index (χ4v) is 4.41. The van der Waals surface area contributed by atoms with Crippen LogP contribution in [-0.2, 0) is 11.2 Å². The van der Waals surface area contributed by atoms with Crippen LogP contribution in [0.4, 0.5) is 0 Å². The molecule has 0 bridgehead atoms. The van der Waals surface area contributed by atoms with Crippen LogP contribution in [-0.4, -0.2) is 69.3 Å². The fourth-order valence-electron chi connectivity index (χ4n) is 4.41. The van der Waals surface area contributed by atoms with E-state index in [1.165, 1.54) is 0 Å². The van der Waals surface area contributed by atoms with Crippen LogP contribution in [0.3, 0.4) is 0 Å². The highest BCUT2D eigenvalue weighted by molar-refractivity contribution is 6.00. The number of nitrogens with one attached hydrogen (secondary N) is 3. The number of H-pyrrole nitrogens is 2. The molecule has 0 aliphatic carbocycles. The van der Waals surface area contributed by atoms with Crippen molar-refractivity contribution in [2.75, 3.05) is 32.7 Å². The average molecular weight is 529 g/mol. The van der Waals surface area contributed by atoms with Crippen molar-refractivity contribution in [1.29, 1.82) is 0 Å². The average Bonchev–Trinajstić information content (AvgIpc) is 3.58. The van der Waals surface area contributed by atoms with Gasteiger partial charge in [-0.15, -0.1) is 24.8 Å². The summed E-state index contributed by atoms with van der Waals surface area (Å²) in [6, 6.07) is 16.2. The van der Waals surface area contributed by atoms with Crippen LogP contribution in [0.1, 0.15) is 27.7 Å². The van der Waals surface area contributed by atoms with Gasteiger partial charge >= 0.3 is 0 Å². The second-order valence-electron chi connectivity index (χ2n) is 8.59. The first-order valence-corrected chi connectivity index (χ1v) is 11.6. The topological polar surface area (TPSA) is 97.1 Å². The zero-order valence-electron chi connectivity index (χ0n) is 19.7. The lowest BCUT2D eigenvalue weighted by Crippen LogP contribution is -2.52. The highest BCUT2D eigenvalue weighted by Crippen LogP contribution is 2.20. The standard InChI is InChI=1S/C26H28N6O2.2ClH/c33-25(21-7-6-19-8-10-28-23(19)16-21)30-24(20-4-2-1-3-5-20)26(34)32-14-12-31(13-15-32)11-9-22-17-27-18-29-22;;/h1-8,10,16-18,24,28H,9,11-15H2,(H,27,29)(H,30,33);2*1H/t24-;;/m1../s1. The minimum absolute atomic E-state index is 0. The third-order valence-corrected chi connectivity index (χ3v) is 6.41. The van der Waals surface area contributed by atoms with Crippen LogP contribution in [0.15, 0.2) is 73.3 Å². The molecule has 2 aromatic carbocycles. The Morgan fingerprint density at radius 1 is 0.972 bits per heavy atom. The lowest BCUT2D eigenvalue weighted by atomic mass is 10.0. The molecule has 2 aromatic heterocycles. The van der Waals surface area contributed by atoms with Crippen LogP contribution >= 0.6 is 24.8 Å². The van der Waals surface area contributed by atoms with E-state index in [1.54, 1.807) is 12.4 Å². The largest absolute Gasteiger partial charge is 0.361 e. The number of halogens is 2. The predicted octanol–water partition coefficient (Wildman–Crippen LogP) is 3.59. The number of amides is 2. The highest BCUT2D eigenvalue weighted by Gasteiger charge is 2.30. The van der Waals surface area contributed by atoms with Gasteiger partial charge in [0.2, 0.25) is 5.91 Å². The lowest BCUT2D eigenvalue weighted by Gasteiger charge is -2.36. The van der Waals surface area contributed by atoms with Crippen molar-refractivity contribution in [1.82, 2.24) is 30.1 Å². The molecule has 1 saturated heterocycles. The van der Waals surface area contributed by atoms with E-state index in [-0.39, 0.29) is 36.6 Å². The number of hydrogen-bond acceptors (Lipinski definition) is 4. The van der Waals surface area contributed by atoms with E-state index in [9.17, 15) is 9.59 Å². The van der Waals surface area contributed by atoms with Gasteiger partial charge in [-0.2, -0.15) is 0 Å². The fraction of sp³-hybridized carbons (Fsp3) is 0.269. The summed E-state index contributed by atoms with van der Waals surface area (Å²) >= 11 is 0. The normalized spacial score (nSPS) is 14.5. The first-order valence-electron chi connectivity index (χ1n) is 11.6. The molecule has 190 valence electrons. The summed E-state index contributed by atoms with van der Waals surface area (Å²) in [4.78, 5) is 41.2. The monoisotopic (exact) mass is 528 g/mol. The van der Waals surface area contributed by atoms with E-state index >= 15 is 0 Å². The van der Waals surface area contributed by atoms with Crippen LogP contribution in [0, 0.1) is 0 Å². The van der Waals surface area contributed by atoms with E-state index in [0.29, 0.717) is 18.7 Å². The van der Waals surface area contributed by atoms with E-state index in [4.69, 9.17) is 0 Å². The van der Waals surface area contributed by atoms with Crippen molar-refractivity contribution < 1.29 is 9.59 Å². The van der Waals surface area contributed by atoms with Crippen molar-refractivity contribution in [3.8, 4) is 0 Å². The third-order valence-electron chi connectivity index (χ3n) is 6.41. The minimum Gasteiger partial charge on any atom is -0.361 e. The van der Waals surface area contributed by atoms with Crippen molar-refractivity contribution in [3.63, 3.8) is 0 Å². The second-order valence-corrected chi connectivity index (χ2v) is 8.59. The molecule has 0 unspecified atom stereocenters. The van der Waals surface area contributed by atoms with E-state index in [1.807, 2.05) is 65.8 Å². The summed E-state index contributed by atoms with van der Waals surface area (Å²) in [5.74, 6) is -0.342. The molecular formula is C26H30Cl2N6O2. The van der Waals surface area contributed by atoms with Crippen LogP contribution < -0.4 is 5.32 Å². The van der Waals surface area contributed by atoms with Gasteiger partial charge in [-0.1, -0.05) is 36.4 Å². The summed E-state index contributed by atoms with van der Waals surface area (Å²) in [5, 5.41) is 4.03. The quantitative estimate of drug-likeness (QED) is 0.341. The van der Waals surface area contributed by atoms with Gasteiger partial charge in [0.15, 0.2) is 0 Å². The number of carbonyl (C=O) groups is 2. The maximum atomic E-state index is 13.6. The number of piperazine rings is 1. The maximum Gasteiger partial charge on any atom is 0.252 e. The number of fused-ring (bicyclic) bond motifs is 1. The SMILES string of the molecule is Cl.Cl.O=C(N[C@@H](C(=O)N1CCN(CCc2cnc[nH]2)CC1)c1ccccc1)c1ccc2cc[nH]c2c1. The Balaban J connectivity index is 0.00000180. The number of imidazole rings is 1. The number of benzene rings is 2. The summed E-state index contributed by atoms with van der Waals surface area (Å²) < 4.78 is 0. The molecule has 0 radical (unpaired) electrons. The van der Waals surface area contributed by atoms with Gasteiger partial charge in [0.1, 0.15) is 6.04 Å². The molecule has 1 aliphatic rings. The number of rotatable bonds is 7. The zero-order chi connectivity index (χ0) is 23.3. The van der Waals surface area contributed by atoms with Gasteiger partial charge in [-0.3, -0.25) is 14.5 Å². The van der Waals surface area contributed by atoms with Crippen molar-refractivity contribution in [2.45, 2.75) is 12.5 Å². The summed E-state index contributed by atoms with van der Waals surface area (Å²) in [7, 11) is 0. The van der Waals surface area contributed by atoms with Crippen LogP contribution in [0.2, 0.25) is 0 Å². The van der Waals surface area contributed by atoms with Gasteiger partial charge < -0.3 is 20.2 Å². The van der Waals surface area contributed by atoms with E-state index < -0.39 is 6.04 Å². The molecule has 1 fully saturated rings. The molecular weight excluding hydrogens is 499 g/mol. The first-order chi connectivity index (χ1) is 16.7. The van der Waals surface area contributed by atoms with E-state index in [2.05, 4.69) is 25.2 Å². The smallest absolute Gasteiger partial charge is 0.252 e. The Morgan fingerprint density at radius 3 is 2.47 bits per heavy atom. The predicted molar refractivity (Wildman–Crippen MR) is 145 cm³/mol. The van der Waals surface area contributed by atoms with Gasteiger partial charge in [0.25, 0.3) is 5.91 Å². The third kappa shape index (κ3) is 6.26. The molecule has 3 heterocycles. The molecule has 36 heavy (non-hydrogen) atoms. The van der Waals surface area contributed by atoms with Crippen LogP contribution in [0.25, 0.3) is 10.9 Å². The van der Waals surface area contributed by atoms with Crippen LogP contribution in [0.5, 0.6) is 0 Å². The Hall–Kier alpha value is -3.33. The van der Waals surface area contributed by atoms with Crippen molar-refractivity contribution >= 4 is 47.5 Å². The number of aromatic nitrogens is 3. The van der Waals surface area contributed by atoms with Crippen molar-refractivity contribution in [3.05, 3.63) is 90.1 Å². The Bertz CT molecular complexity index is 1250. The summed E-state index contributed by atoms with van der Waals surface area (Å²) in [6.07, 6.45) is 6.29. The molecule has 0 spiro atoms. The number of hydrogen-bond donors (Lipinski definition) is 3. The molecule has 0 saturated carbocycles. The molecule has 4 aromatic rings. The van der Waals surface area contributed by atoms with Gasteiger partial charge in [0.05, 0.1) is 6.33 Å². The van der Waals surface area contributed by atoms with Crippen molar-refractivity contribution in [2.24, 2.45) is 0 Å². The Labute approximate surface area is 222 Å². The minimum atomic E-state index is -0.732. The molecule has 1 aliphatic heterocycles. The molecule has 10 heteroatoms. The Morgan fingerprint density at radius 2 is 1.75 bits per heavy atom. The molecule has 5 rings (SSSR count). The molecule has 8 nitrogen and oxygen atoms in total. The van der Waals surface area contributed by atoms with Gasteiger partial charge in [0, 0.05) is 68.3 Å². The van der Waals surface area contributed by atoms with Gasteiger partial charge in [-0.25, -0.2) is 4.98 Å². The Kier molecular flexibility index (Phi) is 9.52. The number of aromatic amines is 2. The number of carbonyl (C=O) groups excluding carboxylic acids is 2. The zero-order valence-corrected chi connectivity index (χ0v) is 21.4. The molecule has 3 N–H and O–H groups in total. The summed E-state index contributed by atoms with van der Waals surface area (Å²) in [6.45, 7) is 3.80. The first kappa shape index (κ1) is 27.3. The number of nitrogens with zero attached hydrogens (tertiary/aromatic N) is 3. The summed E-state index contributed by atoms with van der Waals surface area (Å²) in [5.41, 5.74) is 3.31.